The number of anilines is 1. The molecule has 2 heterocycles. The van der Waals surface area contributed by atoms with E-state index in [0.717, 1.165) is 16.6 Å². The van der Waals surface area contributed by atoms with Crippen molar-refractivity contribution < 1.29 is 9.53 Å². The maximum Gasteiger partial charge on any atom is 0.319 e. The van der Waals surface area contributed by atoms with Crippen LogP contribution in [0.15, 0.2) is 79.3 Å². The van der Waals surface area contributed by atoms with Gasteiger partial charge in [0.1, 0.15) is 5.75 Å². The molecule has 2 amide bonds. The molecule has 2 aromatic carbocycles. The van der Waals surface area contributed by atoms with Crippen molar-refractivity contribution in [1.29, 1.82) is 0 Å². The van der Waals surface area contributed by atoms with E-state index in [9.17, 15) is 4.79 Å². The Labute approximate surface area is 181 Å². The molecule has 6 nitrogen and oxygen atoms in total. The SMILES string of the molecule is CCOc1ccccc1NC(=O)NC[C@@H](c1cccnc1)c1cn(C)c2ccccc12. The van der Waals surface area contributed by atoms with Crippen LogP contribution >= 0.6 is 0 Å². The second-order valence-corrected chi connectivity index (χ2v) is 7.32. The van der Waals surface area contributed by atoms with Gasteiger partial charge in [-0.25, -0.2) is 4.79 Å². The molecule has 0 saturated heterocycles. The Bertz CT molecular complexity index is 1170. The summed E-state index contributed by atoms with van der Waals surface area (Å²) in [4.78, 5) is 17.0. The van der Waals surface area contributed by atoms with Crippen LogP contribution in [0, 0.1) is 0 Å². The summed E-state index contributed by atoms with van der Waals surface area (Å²) in [6, 6.07) is 19.4. The van der Waals surface area contributed by atoms with E-state index < -0.39 is 0 Å². The normalized spacial score (nSPS) is 11.8. The number of amides is 2. The minimum Gasteiger partial charge on any atom is -0.492 e. The Morgan fingerprint density at radius 3 is 2.71 bits per heavy atom. The zero-order valence-corrected chi connectivity index (χ0v) is 17.7. The molecular formula is C25H26N4O2. The minimum absolute atomic E-state index is 0.0346. The fourth-order valence-corrected chi connectivity index (χ4v) is 3.85. The molecule has 158 valence electrons. The number of ether oxygens (including phenoxy) is 1. The van der Waals surface area contributed by atoms with Gasteiger partial charge in [0, 0.05) is 49.0 Å². The Morgan fingerprint density at radius 2 is 1.90 bits per heavy atom. The summed E-state index contributed by atoms with van der Waals surface area (Å²) >= 11 is 0. The second-order valence-electron chi connectivity index (χ2n) is 7.32. The molecule has 0 saturated carbocycles. The Morgan fingerprint density at radius 1 is 1.10 bits per heavy atom. The van der Waals surface area contributed by atoms with E-state index >= 15 is 0 Å². The third kappa shape index (κ3) is 4.53. The first kappa shape index (κ1) is 20.5. The number of urea groups is 1. The summed E-state index contributed by atoms with van der Waals surface area (Å²) in [7, 11) is 2.04. The highest BCUT2D eigenvalue weighted by Gasteiger charge is 2.20. The summed E-state index contributed by atoms with van der Waals surface area (Å²) in [5, 5.41) is 7.10. The third-order valence-electron chi connectivity index (χ3n) is 5.29. The van der Waals surface area contributed by atoms with Gasteiger partial charge in [-0.1, -0.05) is 36.4 Å². The standard InChI is InChI=1S/C25H26N4O2/c1-3-31-24-13-7-5-11-22(24)28-25(30)27-16-20(18-9-8-14-26-15-18)21-17-29(2)23-12-6-4-10-19(21)23/h4-15,17,20H,3,16H2,1-2H3,(H2,27,28,30)/t20-/m0/s1. The lowest BCUT2D eigenvalue weighted by atomic mass is 9.92. The molecule has 0 unspecified atom stereocenters. The van der Waals surface area contributed by atoms with E-state index in [1.807, 2.05) is 68.7 Å². The van der Waals surface area contributed by atoms with Crippen LogP contribution in [0.5, 0.6) is 5.75 Å². The monoisotopic (exact) mass is 414 g/mol. The predicted molar refractivity (Wildman–Crippen MR) is 124 cm³/mol. The Hall–Kier alpha value is -3.80. The molecule has 2 N–H and O–H groups in total. The van der Waals surface area contributed by atoms with Crippen molar-refractivity contribution in [2.24, 2.45) is 7.05 Å². The molecule has 1 atom stereocenters. The van der Waals surface area contributed by atoms with E-state index in [1.165, 1.54) is 5.39 Å². The molecule has 0 spiro atoms. The molecule has 0 radical (unpaired) electrons. The fraction of sp³-hybridized carbons (Fsp3) is 0.200. The van der Waals surface area contributed by atoms with Crippen LogP contribution < -0.4 is 15.4 Å². The van der Waals surface area contributed by atoms with E-state index in [1.54, 1.807) is 6.20 Å². The zero-order chi connectivity index (χ0) is 21.6. The average Bonchev–Trinajstić information content (AvgIpc) is 3.13. The second kappa shape index (κ2) is 9.34. The highest BCUT2D eigenvalue weighted by atomic mass is 16.5. The predicted octanol–water partition coefficient (Wildman–Crippen LogP) is 4.93. The van der Waals surface area contributed by atoms with E-state index in [2.05, 4.69) is 38.5 Å². The number of pyridine rings is 1. The smallest absolute Gasteiger partial charge is 0.319 e. The van der Waals surface area contributed by atoms with Crippen LogP contribution in [0.4, 0.5) is 10.5 Å². The lowest BCUT2D eigenvalue weighted by molar-refractivity contribution is 0.251. The summed E-state index contributed by atoms with van der Waals surface area (Å²) in [5.41, 5.74) is 4.00. The van der Waals surface area contributed by atoms with Crippen molar-refractivity contribution in [3.05, 3.63) is 90.4 Å². The van der Waals surface area contributed by atoms with Crippen molar-refractivity contribution in [1.82, 2.24) is 14.9 Å². The summed E-state index contributed by atoms with van der Waals surface area (Å²) in [5.74, 6) is 0.616. The topological polar surface area (TPSA) is 68.2 Å². The average molecular weight is 415 g/mol. The number of fused-ring (bicyclic) bond motifs is 1. The van der Waals surface area contributed by atoms with Crippen LogP contribution in [0.2, 0.25) is 0 Å². The molecule has 31 heavy (non-hydrogen) atoms. The quantitative estimate of drug-likeness (QED) is 0.451. The molecule has 2 aromatic heterocycles. The van der Waals surface area contributed by atoms with Crippen molar-refractivity contribution in [3.63, 3.8) is 0 Å². The zero-order valence-electron chi connectivity index (χ0n) is 17.7. The number of nitrogens with zero attached hydrogens (tertiary/aromatic N) is 2. The molecule has 0 fully saturated rings. The summed E-state index contributed by atoms with van der Waals surface area (Å²) < 4.78 is 7.72. The first-order chi connectivity index (χ1) is 15.2. The molecule has 6 heteroatoms. The van der Waals surface area contributed by atoms with Crippen LogP contribution in [-0.4, -0.2) is 28.7 Å². The van der Waals surface area contributed by atoms with E-state index in [-0.39, 0.29) is 11.9 Å². The molecule has 4 rings (SSSR count). The number of rotatable bonds is 7. The Kier molecular flexibility index (Phi) is 6.17. The highest BCUT2D eigenvalue weighted by molar-refractivity contribution is 5.91. The van der Waals surface area contributed by atoms with E-state index in [4.69, 9.17) is 4.74 Å². The lowest BCUT2D eigenvalue weighted by Crippen LogP contribution is -2.33. The number of para-hydroxylation sites is 3. The number of aryl methyl sites for hydroxylation is 1. The summed E-state index contributed by atoms with van der Waals surface area (Å²) in [6.07, 6.45) is 5.75. The van der Waals surface area contributed by atoms with Crippen LogP contribution in [0.25, 0.3) is 10.9 Å². The lowest BCUT2D eigenvalue weighted by Gasteiger charge is -2.18. The third-order valence-corrected chi connectivity index (χ3v) is 5.29. The van der Waals surface area contributed by atoms with Gasteiger partial charge in [-0.3, -0.25) is 4.98 Å². The molecule has 0 aliphatic carbocycles. The number of carbonyl (C=O) groups excluding carboxylic acids is 1. The number of aromatic nitrogens is 2. The van der Waals surface area contributed by atoms with Gasteiger partial charge < -0.3 is 19.9 Å². The largest absolute Gasteiger partial charge is 0.492 e. The molecule has 0 aliphatic heterocycles. The van der Waals surface area contributed by atoms with E-state index in [0.29, 0.717) is 24.6 Å². The van der Waals surface area contributed by atoms with Gasteiger partial charge >= 0.3 is 6.03 Å². The fourth-order valence-electron chi connectivity index (χ4n) is 3.85. The van der Waals surface area contributed by atoms with Crippen LogP contribution in [-0.2, 0) is 7.05 Å². The van der Waals surface area contributed by atoms with Gasteiger partial charge in [-0.15, -0.1) is 0 Å². The molecule has 0 bridgehead atoms. The minimum atomic E-state index is -0.277. The van der Waals surface area contributed by atoms with Gasteiger partial charge in [0.05, 0.1) is 12.3 Å². The summed E-state index contributed by atoms with van der Waals surface area (Å²) in [6.45, 7) is 2.88. The maximum atomic E-state index is 12.7. The molecule has 0 aliphatic rings. The molecule has 4 aromatic rings. The van der Waals surface area contributed by atoms with Gasteiger partial charge in [0.25, 0.3) is 0 Å². The number of hydrogen-bond acceptors (Lipinski definition) is 3. The first-order valence-electron chi connectivity index (χ1n) is 10.4. The van der Waals surface area contributed by atoms with Crippen molar-refractivity contribution >= 4 is 22.6 Å². The number of nitrogens with one attached hydrogen (secondary N) is 2. The van der Waals surface area contributed by atoms with Crippen molar-refractivity contribution in [2.45, 2.75) is 12.8 Å². The van der Waals surface area contributed by atoms with Crippen LogP contribution in [0.1, 0.15) is 24.0 Å². The first-order valence-corrected chi connectivity index (χ1v) is 10.4. The Balaban J connectivity index is 1.57. The van der Waals surface area contributed by atoms with Gasteiger partial charge in [0.2, 0.25) is 0 Å². The maximum absolute atomic E-state index is 12.7. The highest BCUT2D eigenvalue weighted by Crippen LogP contribution is 2.31. The number of benzene rings is 2. The van der Waals surface area contributed by atoms with Gasteiger partial charge in [0.15, 0.2) is 0 Å². The van der Waals surface area contributed by atoms with Crippen molar-refractivity contribution in [3.8, 4) is 5.75 Å². The van der Waals surface area contributed by atoms with Crippen LogP contribution in [0.3, 0.4) is 0 Å². The van der Waals surface area contributed by atoms with Crippen molar-refractivity contribution in [2.75, 3.05) is 18.5 Å². The van der Waals surface area contributed by atoms with Gasteiger partial charge in [-0.05, 0) is 42.3 Å². The van der Waals surface area contributed by atoms with Gasteiger partial charge in [-0.2, -0.15) is 0 Å². The molecular weight excluding hydrogens is 388 g/mol. The number of carbonyl (C=O) groups is 1. The number of hydrogen-bond donors (Lipinski definition) is 2.